The Morgan fingerprint density at radius 2 is 2.00 bits per heavy atom. The van der Waals surface area contributed by atoms with Gasteiger partial charge in [-0.25, -0.2) is 0 Å². The van der Waals surface area contributed by atoms with E-state index in [0.29, 0.717) is 22.7 Å². The number of amides is 1. The summed E-state index contributed by atoms with van der Waals surface area (Å²) in [7, 11) is 0. The molecule has 1 amide bonds. The quantitative estimate of drug-likeness (QED) is 0.810. The molecule has 0 saturated carbocycles. The lowest BCUT2D eigenvalue weighted by molar-refractivity contribution is -0.133. The summed E-state index contributed by atoms with van der Waals surface area (Å²) in [5.74, 6) is 0.543. The van der Waals surface area contributed by atoms with Crippen LogP contribution in [-0.4, -0.2) is 28.9 Å². The number of likely N-dealkylation sites (tertiary alicyclic amines) is 1. The van der Waals surface area contributed by atoms with Crippen molar-refractivity contribution in [3.05, 3.63) is 0 Å². The predicted molar refractivity (Wildman–Crippen MR) is 83.9 cm³/mol. The zero-order valence-electron chi connectivity index (χ0n) is 12.7. The van der Waals surface area contributed by atoms with Crippen molar-refractivity contribution in [1.82, 2.24) is 4.90 Å². The maximum Gasteiger partial charge on any atom is 0.232 e. The monoisotopic (exact) mass is 284 g/mol. The Labute approximate surface area is 122 Å². The van der Waals surface area contributed by atoms with Crippen LogP contribution < -0.4 is 5.73 Å². The molecule has 110 valence electrons. The third kappa shape index (κ3) is 4.44. The molecule has 1 aliphatic rings. The molecule has 0 aromatic rings. The van der Waals surface area contributed by atoms with Gasteiger partial charge < -0.3 is 10.6 Å². The molecule has 1 aliphatic heterocycles. The van der Waals surface area contributed by atoms with Gasteiger partial charge in [0.25, 0.3) is 0 Å². The van der Waals surface area contributed by atoms with Gasteiger partial charge in [0.15, 0.2) is 0 Å². The van der Waals surface area contributed by atoms with E-state index in [4.69, 9.17) is 18.0 Å². The first kappa shape index (κ1) is 16.4. The van der Waals surface area contributed by atoms with Crippen LogP contribution in [0.2, 0.25) is 0 Å². The summed E-state index contributed by atoms with van der Waals surface area (Å²) in [5.41, 5.74) is 6.00. The standard InChI is InChI=1S/C15H28N2OS/c1-5-12(13(16)19)14(18)17-9-6-7-11(8-10-17)15(2,3)4/h11-12H,5-10H2,1-4H3,(H2,16,19). The van der Waals surface area contributed by atoms with Crippen molar-refractivity contribution in [3.8, 4) is 0 Å². The van der Waals surface area contributed by atoms with Crippen LogP contribution >= 0.6 is 12.2 Å². The van der Waals surface area contributed by atoms with Crippen LogP contribution in [0.1, 0.15) is 53.4 Å². The van der Waals surface area contributed by atoms with E-state index in [1.54, 1.807) is 0 Å². The van der Waals surface area contributed by atoms with Crippen LogP contribution in [0.5, 0.6) is 0 Å². The molecule has 2 N–H and O–H groups in total. The third-order valence-electron chi connectivity index (χ3n) is 4.31. The van der Waals surface area contributed by atoms with E-state index in [2.05, 4.69) is 20.8 Å². The van der Waals surface area contributed by atoms with Crippen molar-refractivity contribution in [2.75, 3.05) is 13.1 Å². The van der Waals surface area contributed by atoms with Gasteiger partial charge in [-0.05, 0) is 37.0 Å². The van der Waals surface area contributed by atoms with Crippen molar-refractivity contribution in [3.63, 3.8) is 0 Å². The maximum atomic E-state index is 12.4. The Morgan fingerprint density at radius 3 is 2.47 bits per heavy atom. The Kier molecular flexibility index (Phi) is 5.78. The lowest BCUT2D eigenvalue weighted by atomic mass is 9.77. The van der Waals surface area contributed by atoms with Gasteiger partial charge in [-0.3, -0.25) is 4.79 Å². The highest BCUT2D eigenvalue weighted by atomic mass is 32.1. The first-order valence-electron chi connectivity index (χ1n) is 7.35. The van der Waals surface area contributed by atoms with Crippen LogP contribution in [0.25, 0.3) is 0 Å². The SMILES string of the molecule is CCC(C(=O)N1CCCC(C(C)(C)C)CC1)C(N)=S. The predicted octanol–water partition coefficient (Wildman–Crippen LogP) is 2.97. The largest absolute Gasteiger partial charge is 0.393 e. The molecular formula is C15H28N2OS. The van der Waals surface area contributed by atoms with Gasteiger partial charge in [0.1, 0.15) is 0 Å². The highest BCUT2D eigenvalue weighted by molar-refractivity contribution is 7.80. The summed E-state index contributed by atoms with van der Waals surface area (Å²) in [6, 6.07) is 0. The topological polar surface area (TPSA) is 46.3 Å². The van der Waals surface area contributed by atoms with Gasteiger partial charge >= 0.3 is 0 Å². The minimum absolute atomic E-state index is 0.129. The van der Waals surface area contributed by atoms with Gasteiger partial charge in [0, 0.05) is 13.1 Å². The fraction of sp³-hybridized carbons (Fsp3) is 0.867. The highest BCUT2D eigenvalue weighted by Gasteiger charge is 2.31. The molecule has 2 unspecified atom stereocenters. The zero-order chi connectivity index (χ0) is 14.6. The molecule has 4 heteroatoms. The number of hydrogen-bond acceptors (Lipinski definition) is 2. The summed E-state index contributed by atoms with van der Waals surface area (Å²) >= 11 is 5.01. The second kappa shape index (κ2) is 6.69. The van der Waals surface area contributed by atoms with Gasteiger partial charge in [-0.1, -0.05) is 39.9 Å². The number of thiocarbonyl (C=S) groups is 1. The van der Waals surface area contributed by atoms with Gasteiger partial charge in [-0.2, -0.15) is 0 Å². The van der Waals surface area contributed by atoms with Crippen molar-refractivity contribution in [2.24, 2.45) is 23.0 Å². The molecule has 0 radical (unpaired) electrons. The van der Waals surface area contributed by atoms with Gasteiger partial charge in [0.2, 0.25) is 5.91 Å². The molecule has 0 spiro atoms. The van der Waals surface area contributed by atoms with E-state index in [1.807, 2.05) is 11.8 Å². The highest BCUT2D eigenvalue weighted by Crippen LogP contribution is 2.34. The molecule has 1 heterocycles. The molecule has 19 heavy (non-hydrogen) atoms. The summed E-state index contributed by atoms with van der Waals surface area (Å²) in [6.07, 6.45) is 4.08. The average molecular weight is 284 g/mol. The van der Waals surface area contributed by atoms with Crippen molar-refractivity contribution in [2.45, 2.75) is 53.4 Å². The smallest absolute Gasteiger partial charge is 0.232 e. The molecular weight excluding hydrogens is 256 g/mol. The van der Waals surface area contributed by atoms with Crippen molar-refractivity contribution < 1.29 is 4.79 Å². The van der Waals surface area contributed by atoms with Crippen molar-refractivity contribution in [1.29, 1.82) is 0 Å². The fourth-order valence-electron chi connectivity index (χ4n) is 2.90. The van der Waals surface area contributed by atoms with E-state index in [9.17, 15) is 4.79 Å². The number of hydrogen-bond donors (Lipinski definition) is 1. The van der Waals surface area contributed by atoms with Gasteiger partial charge in [-0.15, -0.1) is 0 Å². The fourth-order valence-corrected chi connectivity index (χ4v) is 3.17. The number of carbonyl (C=O) groups is 1. The molecule has 1 saturated heterocycles. The normalized spacial score (nSPS) is 22.7. The van der Waals surface area contributed by atoms with Gasteiger partial charge in [0.05, 0.1) is 10.9 Å². The number of carbonyl (C=O) groups excluding carboxylic acids is 1. The molecule has 0 bridgehead atoms. The number of nitrogens with zero attached hydrogens (tertiary/aromatic N) is 1. The minimum atomic E-state index is -0.277. The average Bonchev–Trinajstić information content (AvgIpc) is 2.53. The van der Waals surface area contributed by atoms with Crippen LogP contribution in [0, 0.1) is 17.3 Å². The van der Waals surface area contributed by atoms with E-state index < -0.39 is 0 Å². The second-order valence-electron chi connectivity index (χ2n) is 6.68. The molecule has 2 atom stereocenters. The van der Waals surface area contributed by atoms with E-state index in [1.165, 1.54) is 6.42 Å². The van der Waals surface area contributed by atoms with Crippen molar-refractivity contribution >= 4 is 23.1 Å². The summed E-state index contributed by atoms with van der Waals surface area (Å²) < 4.78 is 0. The zero-order valence-corrected chi connectivity index (χ0v) is 13.6. The Morgan fingerprint density at radius 1 is 1.37 bits per heavy atom. The summed E-state index contributed by atoms with van der Waals surface area (Å²) in [4.78, 5) is 14.7. The second-order valence-corrected chi connectivity index (χ2v) is 7.15. The van der Waals surface area contributed by atoms with Crippen LogP contribution in [0.3, 0.4) is 0 Å². The van der Waals surface area contributed by atoms with Crippen LogP contribution in [-0.2, 0) is 4.79 Å². The third-order valence-corrected chi connectivity index (χ3v) is 4.60. The van der Waals surface area contributed by atoms with E-state index in [0.717, 1.165) is 25.9 Å². The first-order valence-corrected chi connectivity index (χ1v) is 7.76. The lowest BCUT2D eigenvalue weighted by Gasteiger charge is -2.30. The number of nitrogens with two attached hydrogens (primary N) is 1. The summed E-state index contributed by atoms with van der Waals surface area (Å²) in [6.45, 7) is 10.5. The lowest BCUT2D eigenvalue weighted by Crippen LogP contribution is -2.41. The molecule has 0 aliphatic carbocycles. The summed E-state index contributed by atoms with van der Waals surface area (Å²) in [5, 5.41) is 0. The Balaban J connectivity index is 2.67. The maximum absolute atomic E-state index is 12.4. The molecule has 1 fully saturated rings. The molecule has 0 aromatic carbocycles. The van der Waals surface area contributed by atoms with Crippen LogP contribution in [0.15, 0.2) is 0 Å². The molecule has 3 nitrogen and oxygen atoms in total. The van der Waals surface area contributed by atoms with E-state index >= 15 is 0 Å². The first-order chi connectivity index (χ1) is 8.77. The molecule has 1 rings (SSSR count). The van der Waals surface area contributed by atoms with Crippen LogP contribution in [0.4, 0.5) is 0 Å². The Bertz CT molecular complexity index is 336. The van der Waals surface area contributed by atoms with E-state index in [-0.39, 0.29) is 11.8 Å². The minimum Gasteiger partial charge on any atom is -0.393 e. The number of rotatable bonds is 3. The molecule has 0 aromatic heterocycles. The Hall–Kier alpha value is -0.640.